The second kappa shape index (κ2) is 6.20. The summed E-state index contributed by atoms with van der Waals surface area (Å²) in [6.07, 6.45) is -1.08. The van der Waals surface area contributed by atoms with Crippen molar-refractivity contribution in [3.8, 4) is 5.75 Å². The summed E-state index contributed by atoms with van der Waals surface area (Å²) in [5.41, 5.74) is 0.239. The van der Waals surface area contributed by atoms with Crippen molar-refractivity contribution in [3.63, 3.8) is 0 Å². The van der Waals surface area contributed by atoms with Crippen molar-refractivity contribution in [1.82, 2.24) is 10.0 Å². The molecule has 134 valence electrons. The van der Waals surface area contributed by atoms with Crippen molar-refractivity contribution >= 4 is 10.0 Å². The summed E-state index contributed by atoms with van der Waals surface area (Å²) in [6, 6.07) is 4.11. The Hall–Kier alpha value is -1.32. The lowest BCUT2D eigenvalue weighted by Crippen LogP contribution is -2.54. The summed E-state index contributed by atoms with van der Waals surface area (Å²) in [7, 11) is -3.74. The second-order valence-electron chi connectivity index (χ2n) is 6.50. The molecule has 1 heterocycles. The first-order chi connectivity index (χ1) is 11.2. The fourth-order valence-corrected chi connectivity index (χ4v) is 4.78. The summed E-state index contributed by atoms with van der Waals surface area (Å²) in [5.74, 6) is -0.446. The molecule has 1 saturated carbocycles. The van der Waals surface area contributed by atoms with Crippen molar-refractivity contribution in [2.45, 2.75) is 43.0 Å². The van der Waals surface area contributed by atoms with Gasteiger partial charge in [0, 0.05) is 6.04 Å². The van der Waals surface area contributed by atoms with Gasteiger partial charge in [-0.1, -0.05) is 0 Å². The third kappa shape index (κ3) is 4.01. The van der Waals surface area contributed by atoms with Crippen LogP contribution in [0.15, 0.2) is 29.2 Å². The summed E-state index contributed by atoms with van der Waals surface area (Å²) in [5, 5.41) is 3.29. The van der Waals surface area contributed by atoms with Crippen LogP contribution in [-0.4, -0.2) is 33.9 Å². The Balaban J connectivity index is 1.60. The minimum absolute atomic E-state index is 0.0664. The van der Waals surface area contributed by atoms with Crippen LogP contribution in [0.3, 0.4) is 0 Å². The Morgan fingerprint density at radius 1 is 1.12 bits per heavy atom. The number of hydrogen-bond acceptors (Lipinski definition) is 4. The summed E-state index contributed by atoms with van der Waals surface area (Å²) >= 11 is 0. The summed E-state index contributed by atoms with van der Waals surface area (Å²) in [6.45, 7) is 1.92. The van der Waals surface area contributed by atoms with Gasteiger partial charge in [-0.15, -0.1) is 13.2 Å². The lowest BCUT2D eigenvalue weighted by atomic mass is 9.61. The number of nitrogens with one attached hydrogen (secondary N) is 2. The molecule has 1 aliphatic heterocycles. The molecule has 2 N–H and O–H groups in total. The van der Waals surface area contributed by atoms with Crippen LogP contribution in [0.2, 0.25) is 0 Å². The number of hydrogen-bond donors (Lipinski definition) is 2. The maximum absolute atomic E-state index is 12.3. The Labute approximate surface area is 138 Å². The highest BCUT2D eigenvalue weighted by Gasteiger charge is 2.45. The summed E-state index contributed by atoms with van der Waals surface area (Å²) < 4.78 is 67.4. The molecule has 0 radical (unpaired) electrons. The molecular formula is C15H19F3N2O3S. The minimum atomic E-state index is -4.80. The van der Waals surface area contributed by atoms with Gasteiger partial charge in [-0.3, -0.25) is 0 Å². The average Bonchev–Trinajstić information content (AvgIpc) is 2.45. The molecule has 0 bridgehead atoms. The highest BCUT2D eigenvalue weighted by atomic mass is 32.2. The number of alkyl halides is 3. The Kier molecular flexibility index (Phi) is 4.52. The van der Waals surface area contributed by atoms with E-state index in [1.54, 1.807) is 0 Å². The highest BCUT2D eigenvalue weighted by molar-refractivity contribution is 7.89. The second-order valence-corrected chi connectivity index (χ2v) is 8.21. The molecule has 2 fully saturated rings. The quantitative estimate of drug-likeness (QED) is 0.861. The van der Waals surface area contributed by atoms with E-state index < -0.39 is 22.1 Å². The van der Waals surface area contributed by atoms with Gasteiger partial charge in [0.1, 0.15) is 5.75 Å². The molecule has 24 heavy (non-hydrogen) atoms. The maximum atomic E-state index is 12.3. The fraction of sp³-hybridized carbons (Fsp3) is 0.600. The van der Waals surface area contributed by atoms with Gasteiger partial charge in [0.05, 0.1) is 4.90 Å². The van der Waals surface area contributed by atoms with Gasteiger partial charge in [0.2, 0.25) is 10.0 Å². The van der Waals surface area contributed by atoms with E-state index in [-0.39, 0.29) is 16.4 Å². The molecule has 0 atom stereocenters. The van der Waals surface area contributed by atoms with E-state index in [0.29, 0.717) is 0 Å². The number of benzene rings is 1. The third-order valence-electron chi connectivity index (χ3n) is 4.71. The standard InChI is InChI=1S/C15H19F3N2O3S/c16-15(17,18)23-12-1-3-13(4-2-12)24(21,22)20-11-9-14(10-11)5-7-19-8-6-14/h1-4,11,19-20H,5-10H2. The van der Waals surface area contributed by atoms with Gasteiger partial charge in [0.15, 0.2) is 0 Å². The maximum Gasteiger partial charge on any atom is 0.573 e. The van der Waals surface area contributed by atoms with Gasteiger partial charge in [0.25, 0.3) is 0 Å². The zero-order chi connectivity index (χ0) is 17.4. The average molecular weight is 364 g/mol. The Bertz CT molecular complexity index is 675. The zero-order valence-electron chi connectivity index (χ0n) is 12.9. The Morgan fingerprint density at radius 2 is 1.71 bits per heavy atom. The molecule has 9 heteroatoms. The van der Waals surface area contributed by atoms with Gasteiger partial charge in [-0.25, -0.2) is 13.1 Å². The van der Waals surface area contributed by atoms with E-state index in [1.165, 1.54) is 0 Å². The predicted octanol–water partition coefficient (Wildman–Crippen LogP) is 2.40. The van der Waals surface area contributed by atoms with Gasteiger partial charge in [-0.05, 0) is 68.5 Å². The molecular weight excluding hydrogens is 345 g/mol. The number of rotatable bonds is 4. The molecule has 1 aliphatic carbocycles. The van der Waals surface area contributed by atoms with E-state index in [1.807, 2.05) is 0 Å². The van der Waals surface area contributed by atoms with Crippen LogP contribution in [0.25, 0.3) is 0 Å². The zero-order valence-corrected chi connectivity index (χ0v) is 13.7. The minimum Gasteiger partial charge on any atom is -0.406 e. The van der Waals surface area contributed by atoms with E-state index in [4.69, 9.17) is 0 Å². The highest BCUT2D eigenvalue weighted by Crippen LogP contribution is 2.48. The van der Waals surface area contributed by atoms with Crippen LogP contribution in [0.4, 0.5) is 13.2 Å². The van der Waals surface area contributed by atoms with Crippen molar-refractivity contribution < 1.29 is 26.3 Å². The largest absolute Gasteiger partial charge is 0.573 e. The van der Waals surface area contributed by atoms with E-state index in [9.17, 15) is 21.6 Å². The van der Waals surface area contributed by atoms with E-state index in [0.717, 1.165) is 63.0 Å². The number of sulfonamides is 1. The molecule has 5 nitrogen and oxygen atoms in total. The smallest absolute Gasteiger partial charge is 0.406 e. The molecule has 1 aromatic carbocycles. The van der Waals surface area contributed by atoms with Crippen LogP contribution in [-0.2, 0) is 10.0 Å². The van der Waals surface area contributed by atoms with Gasteiger partial charge < -0.3 is 10.1 Å². The molecule has 0 amide bonds. The number of piperidine rings is 1. The van der Waals surface area contributed by atoms with Crippen LogP contribution in [0.5, 0.6) is 5.75 Å². The first kappa shape index (κ1) is 17.5. The first-order valence-corrected chi connectivity index (χ1v) is 9.25. The first-order valence-electron chi connectivity index (χ1n) is 7.76. The predicted molar refractivity (Wildman–Crippen MR) is 81.0 cm³/mol. The lowest BCUT2D eigenvalue weighted by Gasteiger charge is -2.50. The van der Waals surface area contributed by atoms with Crippen LogP contribution in [0.1, 0.15) is 25.7 Å². The number of halogens is 3. The topological polar surface area (TPSA) is 67.4 Å². The lowest BCUT2D eigenvalue weighted by molar-refractivity contribution is -0.274. The van der Waals surface area contributed by atoms with Crippen LogP contribution < -0.4 is 14.8 Å². The molecule has 1 spiro atoms. The molecule has 0 unspecified atom stereocenters. The van der Waals surface area contributed by atoms with Crippen LogP contribution >= 0.6 is 0 Å². The third-order valence-corrected chi connectivity index (χ3v) is 6.25. The molecule has 3 rings (SSSR count). The normalized spacial score (nSPS) is 21.5. The molecule has 2 aliphatic rings. The van der Waals surface area contributed by atoms with Gasteiger partial charge >= 0.3 is 6.36 Å². The Morgan fingerprint density at radius 3 is 2.25 bits per heavy atom. The monoisotopic (exact) mass is 364 g/mol. The summed E-state index contributed by atoms with van der Waals surface area (Å²) in [4.78, 5) is -0.0664. The van der Waals surface area contributed by atoms with Crippen LogP contribution in [0, 0.1) is 5.41 Å². The van der Waals surface area contributed by atoms with Crippen molar-refractivity contribution in [2.75, 3.05) is 13.1 Å². The fourth-order valence-electron chi connectivity index (χ4n) is 3.54. The van der Waals surface area contributed by atoms with Gasteiger partial charge in [-0.2, -0.15) is 0 Å². The van der Waals surface area contributed by atoms with Crippen molar-refractivity contribution in [3.05, 3.63) is 24.3 Å². The molecule has 0 aromatic heterocycles. The van der Waals surface area contributed by atoms with Crippen molar-refractivity contribution in [2.24, 2.45) is 5.41 Å². The SMILES string of the molecule is O=S(=O)(NC1CC2(CCNCC2)C1)c1ccc(OC(F)(F)F)cc1. The van der Waals surface area contributed by atoms with Crippen molar-refractivity contribution in [1.29, 1.82) is 0 Å². The van der Waals surface area contributed by atoms with E-state index >= 15 is 0 Å². The van der Waals surface area contributed by atoms with E-state index in [2.05, 4.69) is 14.8 Å². The molecule has 1 aromatic rings. The molecule has 1 saturated heterocycles. The number of ether oxygens (including phenoxy) is 1.